The van der Waals surface area contributed by atoms with Crippen LogP contribution in [-0.4, -0.2) is 83.0 Å². The van der Waals surface area contributed by atoms with E-state index in [9.17, 15) is 39.0 Å². The number of esters is 1. The third-order valence-electron chi connectivity index (χ3n) is 9.85. The molecule has 0 heterocycles. The molecule has 1 amide bonds. The molecule has 12 heteroatoms. The van der Waals surface area contributed by atoms with Crippen molar-refractivity contribution in [1.29, 1.82) is 0 Å². The van der Waals surface area contributed by atoms with Crippen molar-refractivity contribution in [3.05, 3.63) is 77.4 Å². The van der Waals surface area contributed by atoms with Gasteiger partial charge in [0.15, 0.2) is 34.7 Å². The van der Waals surface area contributed by atoms with Crippen LogP contribution in [0.15, 0.2) is 60.7 Å². The van der Waals surface area contributed by atoms with Crippen LogP contribution in [0.3, 0.4) is 0 Å². The molecule has 0 spiro atoms. The van der Waals surface area contributed by atoms with Crippen LogP contribution in [0.25, 0.3) is 11.1 Å². The Morgan fingerprint density at radius 2 is 1.58 bits per heavy atom. The lowest BCUT2D eigenvalue weighted by Gasteiger charge is -2.52. The Kier molecular flexibility index (Phi) is 8.26. The Morgan fingerprint density at radius 1 is 0.938 bits per heavy atom. The van der Waals surface area contributed by atoms with E-state index in [0.717, 1.165) is 0 Å². The molecule has 6 rings (SSSR count). The van der Waals surface area contributed by atoms with E-state index in [4.69, 9.17) is 15.2 Å². The molecule has 2 saturated carbocycles. The van der Waals surface area contributed by atoms with E-state index >= 15 is 0 Å². The summed E-state index contributed by atoms with van der Waals surface area (Å²) in [4.78, 5) is 81.0. The van der Waals surface area contributed by atoms with Gasteiger partial charge >= 0.3 is 5.97 Å². The number of aromatic hydroxyl groups is 1. The summed E-state index contributed by atoms with van der Waals surface area (Å²) in [6.07, 6.45) is 0.0789. The van der Waals surface area contributed by atoms with E-state index in [1.807, 2.05) is 0 Å². The van der Waals surface area contributed by atoms with Crippen LogP contribution < -0.4 is 15.2 Å². The van der Waals surface area contributed by atoms with Gasteiger partial charge in [0.2, 0.25) is 5.91 Å². The van der Waals surface area contributed by atoms with E-state index in [0.29, 0.717) is 33.8 Å². The number of hydrogen-bond acceptors (Lipinski definition) is 11. The SMILES string of the molecule is COc1ccc(OC(=O)Cc2ccc(-c3ccc(O)c4c3C[C@@H]3C[C@@H]5[C@@H](N(C)C)C(=O)C(C(N)=O)C(=O)[C@]5(O)C(=O)C3C4=O)cc2)cc1. The number of ether oxygens (including phenoxy) is 2. The first-order chi connectivity index (χ1) is 22.8. The van der Waals surface area contributed by atoms with Crippen LogP contribution in [0.2, 0.25) is 0 Å². The summed E-state index contributed by atoms with van der Waals surface area (Å²) in [5.41, 5.74) is 4.96. The van der Waals surface area contributed by atoms with E-state index in [2.05, 4.69) is 0 Å². The number of phenols is 1. The molecule has 2 fully saturated rings. The summed E-state index contributed by atoms with van der Waals surface area (Å²) in [7, 11) is 4.61. The number of fused-ring (bicyclic) bond motifs is 3. The number of aliphatic hydroxyl groups is 1. The molecule has 2 unspecified atom stereocenters. The highest BCUT2D eigenvalue weighted by molar-refractivity contribution is 6.32. The molecule has 0 aromatic heterocycles. The highest BCUT2D eigenvalue weighted by atomic mass is 16.5. The van der Waals surface area contributed by atoms with Gasteiger partial charge in [-0.2, -0.15) is 0 Å². The first kappa shape index (κ1) is 32.7. The van der Waals surface area contributed by atoms with Crippen LogP contribution in [0.4, 0.5) is 0 Å². The van der Waals surface area contributed by atoms with Gasteiger partial charge in [-0.05, 0) is 85.4 Å². The van der Waals surface area contributed by atoms with Crippen molar-refractivity contribution in [2.75, 3.05) is 21.2 Å². The molecule has 0 saturated heterocycles. The minimum absolute atomic E-state index is 0.00423. The summed E-state index contributed by atoms with van der Waals surface area (Å²) < 4.78 is 10.5. The molecule has 48 heavy (non-hydrogen) atoms. The Bertz CT molecular complexity index is 1870. The van der Waals surface area contributed by atoms with Crippen LogP contribution in [0.1, 0.15) is 27.9 Å². The Hall–Kier alpha value is -5.20. The fraction of sp³-hybridized carbons (Fsp3) is 0.333. The zero-order valence-corrected chi connectivity index (χ0v) is 26.5. The number of hydrogen-bond donors (Lipinski definition) is 3. The quantitative estimate of drug-likeness (QED) is 0.191. The number of ketones is 4. The summed E-state index contributed by atoms with van der Waals surface area (Å²) in [5.74, 6) is -10.5. The normalized spacial score (nSPS) is 26.4. The molecule has 3 aromatic rings. The molecule has 3 aliphatic rings. The van der Waals surface area contributed by atoms with Crippen LogP contribution in [0, 0.1) is 23.7 Å². The maximum atomic E-state index is 14.0. The molecule has 3 aromatic carbocycles. The molecule has 248 valence electrons. The molecular weight excluding hydrogens is 620 g/mol. The van der Waals surface area contributed by atoms with Gasteiger partial charge in [0.25, 0.3) is 0 Å². The number of rotatable bonds is 7. The number of amides is 1. The van der Waals surface area contributed by atoms with Gasteiger partial charge in [0.1, 0.15) is 17.2 Å². The summed E-state index contributed by atoms with van der Waals surface area (Å²) >= 11 is 0. The Balaban J connectivity index is 1.30. The highest BCUT2D eigenvalue weighted by Crippen LogP contribution is 2.51. The van der Waals surface area contributed by atoms with Gasteiger partial charge in [-0.1, -0.05) is 30.3 Å². The Morgan fingerprint density at radius 3 is 2.19 bits per heavy atom. The monoisotopic (exact) mass is 654 g/mol. The molecule has 6 atom stereocenters. The fourth-order valence-corrected chi connectivity index (χ4v) is 7.66. The highest BCUT2D eigenvalue weighted by Gasteiger charge is 2.69. The molecular formula is C36H34N2O10. The van der Waals surface area contributed by atoms with Crippen LogP contribution in [0.5, 0.6) is 17.2 Å². The van der Waals surface area contributed by atoms with E-state index in [1.54, 1.807) is 54.6 Å². The van der Waals surface area contributed by atoms with Gasteiger partial charge in [-0.25, -0.2) is 0 Å². The molecule has 3 aliphatic carbocycles. The molecule has 0 aliphatic heterocycles. The maximum Gasteiger partial charge on any atom is 0.315 e. The van der Waals surface area contributed by atoms with Crippen LogP contribution in [-0.2, 0) is 36.8 Å². The number of nitrogens with zero attached hydrogens (tertiary/aromatic N) is 1. The number of carbonyl (C=O) groups is 6. The van der Waals surface area contributed by atoms with E-state index in [-0.39, 0.29) is 30.6 Å². The minimum atomic E-state index is -2.78. The Labute approximate surface area is 275 Å². The topological polar surface area (TPSA) is 191 Å². The first-order valence-electron chi connectivity index (χ1n) is 15.4. The van der Waals surface area contributed by atoms with Gasteiger partial charge in [-0.15, -0.1) is 0 Å². The standard InChI is InChI=1S/C36H34N2O10/c1-38(2)30-24-16-19-15-23-22(18-6-4-17(5-7-18)14-26(40)48-21-10-8-20(47-3)9-11-21)12-13-25(39)28(23)31(41)27(19)33(43)36(24,46)34(44)29(32(30)42)35(37)45/h4-13,19,24,27,29-30,39,46H,14-16H2,1-3H3,(H2,37,45)/t19-,24-,27?,29?,30-,36-/m1/s1. The third kappa shape index (κ3) is 5.17. The summed E-state index contributed by atoms with van der Waals surface area (Å²) in [6, 6.07) is 15.5. The van der Waals surface area contributed by atoms with Crippen molar-refractivity contribution in [2.24, 2.45) is 29.4 Å². The molecule has 12 nitrogen and oxygen atoms in total. The lowest BCUT2D eigenvalue weighted by Crippen LogP contribution is -2.74. The van der Waals surface area contributed by atoms with Gasteiger partial charge < -0.3 is 25.4 Å². The summed E-state index contributed by atoms with van der Waals surface area (Å²) in [5, 5.41) is 22.6. The van der Waals surface area contributed by atoms with Crippen molar-refractivity contribution in [2.45, 2.75) is 30.9 Å². The van der Waals surface area contributed by atoms with Gasteiger partial charge in [0, 0.05) is 5.92 Å². The van der Waals surface area contributed by atoms with Crippen molar-refractivity contribution in [3.8, 4) is 28.4 Å². The number of carbonyl (C=O) groups excluding carboxylic acids is 6. The predicted octanol–water partition coefficient (Wildman–Crippen LogP) is 1.69. The average molecular weight is 655 g/mol. The van der Waals surface area contributed by atoms with Gasteiger partial charge in [-0.3, -0.25) is 33.7 Å². The lowest BCUT2D eigenvalue weighted by atomic mass is 9.52. The number of Topliss-reactive ketones (excluding diaryl/α,β-unsaturated/α-hetero) is 4. The van der Waals surface area contributed by atoms with Gasteiger partial charge in [0.05, 0.1) is 31.1 Å². The number of methoxy groups -OCH3 is 1. The zero-order valence-electron chi connectivity index (χ0n) is 26.5. The van der Waals surface area contributed by atoms with E-state index < -0.39 is 70.3 Å². The number of nitrogens with two attached hydrogens (primary N) is 1. The first-order valence-corrected chi connectivity index (χ1v) is 15.4. The third-order valence-corrected chi connectivity index (χ3v) is 9.85. The maximum absolute atomic E-state index is 14.0. The molecule has 0 bridgehead atoms. The smallest absolute Gasteiger partial charge is 0.315 e. The van der Waals surface area contributed by atoms with Crippen molar-refractivity contribution >= 4 is 35.0 Å². The predicted molar refractivity (Wildman–Crippen MR) is 169 cm³/mol. The second kappa shape index (κ2) is 12.1. The number of phenolic OH excluding ortho intramolecular Hbond substituents is 1. The second-order valence-electron chi connectivity index (χ2n) is 12.8. The number of likely N-dealkylation sites (N-methyl/N-ethyl adjacent to an activating group) is 1. The number of primary amides is 1. The zero-order chi connectivity index (χ0) is 34.7. The fourth-order valence-electron chi connectivity index (χ4n) is 7.66. The van der Waals surface area contributed by atoms with Crippen molar-refractivity contribution < 1.29 is 48.5 Å². The van der Waals surface area contributed by atoms with Crippen molar-refractivity contribution in [1.82, 2.24) is 4.90 Å². The lowest BCUT2D eigenvalue weighted by molar-refractivity contribution is -0.181. The molecule has 0 radical (unpaired) electrons. The second-order valence-corrected chi connectivity index (χ2v) is 12.8. The summed E-state index contributed by atoms with van der Waals surface area (Å²) in [6.45, 7) is 0. The van der Waals surface area contributed by atoms with E-state index in [1.165, 1.54) is 32.2 Å². The molecule has 4 N–H and O–H groups in total. The number of benzene rings is 3. The minimum Gasteiger partial charge on any atom is -0.507 e. The largest absolute Gasteiger partial charge is 0.507 e. The van der Waals surface area contributed by atoms with Crippen molar-refractivity contribution in [3.63, 3.8) is 0 Å². The average Bonchev–Trinajstić information content (AvgIpc) is 3.03. The van der Waals surface area contributed by atoms with Crippen LogP contribution >= 0.6 is 0 Å².